The summed E-state index contributed by atoms with van der Waals surface area (Å²) in [7, 11) is -1.23. The summed E-state index contributed by atoms with van der Waals surface area (Å²) >= 11 is 0. The minimum atomic E-state index is -1.23. The molecule has 1 amide bonds. The van der Waals surface area contributed by atoms with E-state index in [0.717, 1.165) is 0 Å². The molecular formula is C12H17FN2O2S. The maximum absolute atomic E-state index is 13.3. The summed E-state index contributed by atoms with van der Waals surface area (Å²) in [5.74, 6) is -0.465. The number of nitrogen functional groups attached to an aromatic ring is 1. The normalized spacial score (nSPS) is 12.4. The van der Waals surface area contributed by atoms with E-state index in [1.54, 1.807) is 0 Å². The van der Waals surface area contributed by atoms with Gasteiger partial charge in [0.1, 0.15) is 11.6 Å². The monoisotopic (exact) mass is 272 g/mol. The van der Waals surface area contributed by atoms with E-state index in [1.165, 1.54) is 18.2 Å². The molecule has 0 fully saturated rings. The maximum atomic E-state index is 13.3. The van der Waals surface area contributed by atoms with Crippen LogP contribution in [0.15, 0.2) is 18.2 Å². The number of anilines is 2. The second-order valence-electron chi connectivity index (χ2n) is 4.43. The van der Waals surface area contributed by atoms with E-state index in [-0.39, 0.29) is 17.4 Å². The van der Waals surface area contributed by atoms with Gasteiger partial charge in [-0.3, -0.25) is 9.00 Å². The van der Waals surface area contributed by atoms with Gasteiger partial charge in [-0.25, -0.2) is 4.39 Å². The van der Waals surface area contributed by atoms with Gasteiger partial charge in [0.15, 0.2) is 0 Å². The van der Waals surface area contributed by atoms with Crippen LogP contribution in [-0.4, -0.2) is 21.6 Å². The lowest BCUT2D eigenvalue weighted by atomic mass is 10.2. The van der Waals surface area contributed by atoms with Crippen LogP contribution in [0.2, 0.25) is 0 Å². The van der Waals surface area contributed by atoms with Crippen molar-refractivity contribution in [2.45, 2.75) is 13.8 Å². The Labute approximate surface area is 108 Å². The number of hydrogen-bond acceptors (Lipinski definition) is 3. The fourth-order valence-electron chi connectivity index (χ4n) is 1.40. The quantitative estimate of drug-likeness (QED) is 0.802. The zero-order chi connectivity index (χ0) is 13.7. The first-order chi connectivity index (χ1) is 8.38. The Morgan fingerprint density at radius 1 is 1.50 bits per heavy atom. The molecule has 3 N–H and O–H groups in total. The van der Waals surface area contributed by atoms with Crippen molar-refractivity contribution in [3.8, 4) is 0 Å². The average Bonchev–Trinajstić information content (AvgIpc) is 2.21. The highest BCUT2D eigenvalue weighted by Gasteiger charge is 2.12. The number of nitrogens with one attached hydrogen (secondary N) is 1. The van der Waals surface area contributed by atoms with E-state index >= 15 is 0 Å². The zero-order valence-electron chi connectivity index (χ0n) is 10.4. The fourth-order valence-corrected chi connectivity index (χ4v) is 2.63. The topological polar surface area (TPSA) is 72.2 Å². The van der Waals surface area contributed by atoms with Gasteiger partial charge in [0.2, 0.25) is 5.91 Å². The van der Waals surface area contributed by atoms with Gasteiger partial charge in [-0.15, -0.1) is 0 Å². The molecular weight excluding hydrogens is 255 g/mol. The molecule has 0 saturated carbocycles. The molecule has 0 aromatic heterocycles. The van der Waals surface area contributed by atoms with Crippen LogP contribution in [0, 0.1) is 11.7 Å². The maximum Gasteiger partial charge on any atom is 0.237 e. The third-order valence-electron chi connectivity index (χ3n) is 2.08. The van der Waals surface area contributed by atoms with Gasteiger partial charge >= 0.3 is 0 Å². The van der Waals surface area contributed by atoms with Crippen LogP contribution in [0.4, 0.5) is 15.8 Å². The molecule has 1 aromatic carbocycles. The molecule has 0 aliphatic rings. The summed E-state index contributed by atoms with van der Waals surface area (Å²) < 4.78 is 24.9. The number of rotatable bonds is 5. The van der Waals surface area contributed by atoms with Gasteiger partial charge in [-0.05, 0) is 24.1 Å². The SMILES string of the molecule is CC(C)CS(=O)CC(=O)Nc1cc(N)ccc1F. The van der Waals surface area contributed by atoms with Crippen LogP contribution in [0.25, 0.3) is 0 Å². The molecule has 6 heteroatoms. The molecule has 1 atom stereocenters. The molecule has 0 heterocycles. The Balaban J connectivity index is 2.59. The standard InChI is InChI=1S/C12H17FN2O2S/c1-8(2)6-18(17)7-12(16)15-11-5-9(14)3-4-10(11)13/h3-5,8H,6-7,14H2,1-2H3,(H,15,16). The number of amides is 1. The van der Waals surface area contributed by atoms with E-state index < -0.39 is 22.5 Å². The van der Waals surface area contributed by atoms with E-state index in [4.69, 9.17) is 5.73 Å². The van der Waals surface area contributed by atoms with Crippen molar-refractivity contribution < 1.29 is 13.4 Å². The molecule has 4 nitrogen and oxygen atoms in total. The van der Waals surface area contributed by atoms with Crippen LogP contribution < -0.4 is 11.1 Å². The van der Waals surface area contributed by atoms with Gasteiger partial charge < -0.3 is 11.1 Å². The third kappa shape index (κ3) is 4.83. The highest BCUT2D eigenvalue weighted by Crippen LogP contribution is 2.17. The molecule has 1 unspecified atom stereocenters. The number of hydrogen-bond donors (Lipinski definition) is 2. The zero-order valence-corrected chi connectivity index (χ0v) is 11.2. The summed E-state index contributed by atoms with van der Waals surface area (Å²) in [6, 6.07) is 3.91. The lowest BCUT2D eigenvalue weighted by Gasteiger charge is -2.08. The Bertz CT molecular complexity index is 463. The largest absolute Gasteiger partial charge is 0.399 e. The summed E-state index contributed by atoms with van der Waals surface area (Å²) in [4.78, 5) is 11.6. The second-order valence-corrected chi connectivity index (χ2v) is 5.93. The first kappa shape index (κ1) is 14.6. The van der Waals surface area contributed by atoms with Crippen molar-refractivity contribution in [2.75, 3.05) is 22.6 Å². The highest BCUT2D eigenvalue weighted by molar-refractivity contribution is 7.85. The Morgan fingerprint density at radius 2 is 2.17 bits per heavy atom. The predicted octanol–water partition coefficient (Wildman–Crippen LogP) is 1.75. The van der Waals surface area contributed by atoms with Crippen molar-refractivity contribution in [2.24, 2.45) is 5.92 Å². The summed E-state index contributed by atoms with van der Waals surface area (Å²) in [5.41, 5.74) is 5.86. The molecule has 1 aromatic rings. The van der Waals surface area contributed by atoms with E-state index in [0.29, 0.717) is 11.4 Å². The Kier molecular flexibility index (Phi) is 5.27. The van der Waals surface area contributed by atoms with E-state index in [1.807, 2.05) is 13.8 Å². The van der Waals surface area contributed by atoms with Crippen molar-refractivity contribution in [3.05, 3.63) is 24.0 Å². The third-order valence-corrected chi connectivity index (χ3v) is 3.70. The molecule has 1 rings (SSSR count). The first-order valence-electron chi connectivity index (χ1n) is 5.58. The minimum Gasteiger partial charge on any atom is -0.399 e. The molecule has 0 spiro atoms. The number of carbonyl (C=O) groups excluding carboxylic acids is 1. The van der Waals surface area contributed by atoms with Gasteiger partial charge in [0.25, 0.3) is 0 Å². The van der Waals surface area contributed by atoms with Gasteiger partial charge in [0, 0.05) is 22.2 Å². The van der Waals surface area contributed by atoms with Crippen molar-refractivity contribution in [3.63, 3.8) is 0 Å². The average molecular weight is 272 g/mol. The van der Waals surface area contributed by atoms with Crippen LogP contribution in [0.1, 0.15) is 13.8 Å². The number of benzene rings is 1. The van der Waals surface area contributed by atoms with Crippen LogP contribution in [0.3, 0.4) is 0 Å². The molecule has 18 heavy (non-hydrogen) atoms. The van der Waals surface area contributed by atoms with E-state index in [9.17, 15) is 13.4 Å². The summed E-state index contributed by atoms with van der Waals surface area (Å²) in [5, 5.41) is 2.37. The Hall–Kier alpha value is -1.43. The molecule has 100 valence electrons. The molecule has 0 radical (unpaired) electrons. The minimum absolute atomic E-state index is 0.0153. The summed E-state index contributed by atoms with van der Waals surface area (Å²) in [6.45, 7) is 3.85. The van der Waals surface area contributed by atoms with Gasteiger partial charge in [-0.2, -0.15) is 0 Å². The van der Waals surface area contributed by atoms with Crippen LogP contribution in [-0.2, 0) is 15.6 Å². The van der Waals surface area contributed by atoms with Crippen molar-refractivity contribution >= 4 is 28.1 Å². The number of halogens is 1. The van der Waals surface area contributed by atoms with Crippen molar-refractivity contribution in [1.82, 2.24) is 0 Å². The molecule has 0 saturated heterocycles. The summed E-state index contributed by atoms with van der Waals surface area (Å²) in [6.07, 6.45) is 0. The van der Waals surface area contributed by atoms with Crippen molar-refractivity contribution in [1.29, 1.82) is 0 Å². The molecule has 0 aliphatic carbocycles. The lowest BCUT2D eigenvalue weighted by molar-refractivity contribution is -0.113. The predicted molar refractivity (Wildman–Crippen MR) is 72.2 cm³/mol. The van der Waals surface area contributed by atoms with Crippen LogP contribution in [0.5, 0.6) is 0 Å². The molecule has 0 aliphatic heterocycles. The second kappa shape index (κ2) is 6.49. The first-order valence-corrected chi connectivity index (χ1v) is 7.07. The number of nitrogens with two attached hydrogens (primary N) is 1. The van der Waals surface area contributed by atoms with E-state index in [2.05, 4.69) is 5.32 Å². The van der Waals surface area contributed by atoms with Crippen LogP contribution >= 0.6 is 0 Å². The fraction of sp³-hybridized carbons (Fsp3) is 0.417. The Morgan fingerprint density at radius 3 is 2.78 bits per heavy atom. The highest BCUT2D eigenvalue weighted by atomic mass is 32.2. The van der Waals surface area contributed by atoms with Gasteiger partial charge in [-0.1, -0.05) is 13.8 Å². The number of carbonyl (C=O) groups is 1. The molecule has 0 bridgehead atoms. The smallest absolute Gasteiger partial charge is 0.237 e. The lowest BCUT2D eigenvalue weighted by Crippen LogP contribution is -2.22. The van der Waals surface area contributed by atoms with Gasteiger partial charge in [0.05, 0.1) is 5.69 Å².